The lowest BCUT2D eigenvalue weighted by atomic mass is 10.2. The Bertz CT molecular complexity index is 501. The number of benzene rings is 1. The molecule has 1 aliphatic heterocycles. The highest BCUT2D eigenvalue weighted by atomic mass is 35.5. The molecule has 1 unspecified atom stereocenters. The molecule has 0 bridgehead atoms. The van der Waals surface area contributed by atoms with E-state index in [1.807, 2.05) is 12.1 Å². The lowest BCUT2D eigenvalue weighted by Crippen LogP contribution is -2.13. The zero-order valence-electron chi connectivity index (χ0n) is 7.70. The Morgan fingerprint density at radius 1 is 1.43 bits per heavy atom. The Hall–Kier alpha value is -0.990. The number of para-hydroxylation sites is 1. The van der Waals surface area contributed by atoms with E-state index in [1.165, 1.54) is 11.1 Å². The molecule has 0 fully saturated rings. The van der Waals surface area contributed by atoms with Crippen LogP contribution >= 0.6 is 11.6 Å². The number of nitrogens with two attached hydrogens (primary N) is 1. The second-order valence-electron chi connectivity index (χ2n) is 3.79. The third kappa shape index (κ3) is 0.954. The standard InChI is InChI=1S/C11H11ClN2/c12-9-3-1-2-7-6-8-4-5-10(13)14(8)11(7)9/h1-3,6,10H,4-5,13H2. The number of nitrogens with zero attached hydrogens (tertiary/aromatic N) is 1. The van der Waals surface area contributed by atoms with Crippen LogP contribution in [-0.4, -0.2) is 4.57 Å². The molecule has 3 heteroatoms. The van der Waals surface area contributed by atoms with Crippen LogP contribution in [0.1, 0.15) is 18.3 Å². The zero-order chi connectivity index (χ0) is 9.71. The van der Waals surface area contributed by atoms with Crippen molar-refractivity contribution in [1.82, 2.24) is 4.57 Å². The van der Waals surface area contributed by atoms with Gasteiger partial charge >= 0.3 is 0 Å². The monoisotopic (exact) mass is 206 g/mol. The van der Waals surface area contributed by atoms with Crippen molar-refractivity contribution in [2.24, 2.45) is 5.73 Å². The summed E-state index contributed by atoms with van der Waals surface area (Å²) >= 11 is 6.17. The van der Waals surface area contributed by atoms with E-state index in [0.29, 0.717) is 0 Å². The van der Waals surface area contributed by atoms with Gasteiger partial charge in [0, 0.05) is 11.1 Å². The first-order valence-corrected chi connectivity index (χ1v) is 5.19. The first kappa shape index (κ1) is 8.33. The van der Waals surface area contributed by atoms with Crippen molar-refractivity contribution >= 4 is 22.5 Å². The first-order chi connectivity index (χ1) is 6.77. The molecule has 0 saturated carbocycles. The lowest BCUT2D eigenvalue weighted by molar-refractivity contribution is 0.567. The van der Waals surface area contributed by atoms with Gasteiger partial charge in [0.05, 0.1) is 16.7 Å². The third-order valence-corrected chi connectivity index (χ3v) is 3.22. The summed E-state index contributed by atoms with van der Waals surface area (Å²) in [7, 11) is 0. The first-order valence-electron chi connectivity index (χ1n) is 4.81. The van der Waals surface area contributed by atoms with Gasteiger partial charge in [0.2, 0.25) is 0 Å². The van der Waals surface area contributed by atoms with Crippen LogP contribution in [-0.2, 0) is 6.42 Å². The minimum atomic E-state index is 0.0994. The topological polar surface area (TPSA) is 30.9 Å². The van der Waals surface area contributed by atoms with E-state index in [1.54, 1.807) is 0 Å². The second-order valence-corrected chi connectivity index (χ2v) is 4.20. The zero-order valence-corrected chi connectivity index (χ0v) is 8.46. The number of hydrogen-bond acceptors (Lipinski definition) is 1. The molecule has 0 aliphatic carbocycles. The molecule has 1 aromatic heterocycles. The van der Waals surface area contributed by atoms with Gasteiger partial charge in [-0.1, -0.05) is 23.7 Å². The van der Waals surface area contributed by atoms with Crippen molar-refractivity contribution < 1.29 is 0 Å². The van der Waals surface area contributed by atoms with Crippen molar-refractivity contribution in [3.8, 4) is 0 Å². The van der Waals surface area contributed by atoms with Gasteiger partial charge in [-0.05, 0) is 25.0 Å². The SMILES string of the molecule is NC1CCc2cc3cccc(Cl)c3n21. The largest absolute Gasteiger partial charge is 0.328 e. The van der Waals surface area contributed by atoms with Crippen molar-refractivity contribution in [1.29, 1.82) is 0 Å². The van der Waals surface area contributed by atoms with E-state index >= 15 is 0 Å². The van der Waals surface area contributed by atoms with Crippen molar-refractivity contribution in [3.05, 3.63) is 35.0 Å². The summed E-state index contributed by atoms with van der Waals surface area (Å²) in [5.74, 6) is 0. The Labute approximate surface area is 87.3 Å². The molecule has 14 heavy (non-hydrogen) atoms. The van der Waals surface area contributed by atoms with Crippen LogP contribution in [0, 0.1) is 0 Å². The summed E-state index contributed by atoms with van der Waals surface area (Å²) in [5.41, 5.74) is 8.43. The molecule has 1 aromatic carbocycles. The molecule has 72 valence electrons. The molecular formula is C11H11ClN2. The molecule has 2 N–H and O–H groups in total. The minimum absolute atomic E-state index is 0.0994. The number of fused-ring (bicyclic) bond motifs is 3. The van der Waals surface area contributed by atoms with Gasteiger partial charge in [0.15, 0.2) is 0 Å². The fourth-order valence-corrected chi connectivity index (χ4v) is 2.56. The molecule has 0 spiro atoms. The smallest absolute Gasteiger partial charge is 0.0821 e. The van der Waals surface area contributed by atoms with Crippen LogP contribution in [0.5, 0.6) is 0 Å². The summed E-state index contributed by atoms with van der Waals surface area (Å²) in [4.78, 5) is 0. The van der Waals surface area contributed by atoms with Gasteiger partial charge in [0.1, 0.15) is 0 Å². The normalized spacial score (nSPS) is 20.3. The summed E-state index contributed by atoms with van der Waals surface area (Å²) in [6, 6.07) is 8.17. The maximum absolute atomic E-state index is 6.17. The molecule has 2 nitrogen and oxygen atoms in total. The Balaban J connectivity index is 2.44. The molecule has 2 heterocycles. The molecule has 2 aromatic rings. The predicted molar refractivity (Wildman–Crippen MR) is 58.5 cm³/mol. The van der Waals surface area contributed by atoms with Gasteiger partial charge in [-0.3, -0.25) is 0 Å². The number of aromatic nitrogens is 1. The van der Waals surface area contributed by atoms with Crippen LogP contribution in [0.3, 0.4) is 0 Å². The number of rotatable bonds is 0. The van der Waals surface area contributed by atoms with E-state index in [0.717, 1.165) is 23.4 Å². The van der Waals surface area contributed by atoms with E-state index in [9.17, 15) is 0 Å². The highest BCUT2D eigenvalue weighted by Crippen LogP contribution is 2.34. The van der Waals surface area contributed by atoms with Crippen LogP contribution in [0.4, 0.5) is 0 Å². The van der Waals surface area contributed by atoms with Gasteiger partial charge in [-0.25, -0.2) is 0 Å². The van der Waals surface area contributed by atoms with Gasteiger partial charge in [-0.15, -0.1) is 0 Å². The van der Waals surface area contributed by atoms with E-state index in [-0.39, 0.29) is 6.17 Å². The van der Waals surface area contributed by atoms with E-state index in [4.69, 9.17) is 17.3 Å². The average molecular weight is 207 g/mol. The summed E-state index contributed by atoms with van der Waals surface area (Å²) < 4.78 is 2.16. The average Bonchev–Trinajstić information content (AvgIpc) is 2.67. The Morgan fingerprint density at radius 3 is 3.14 bits per heavy atom. The van der Waals surface area contributed by atoms with Crippen LogP contribution in [0.25, 0.3) is 10.9 Å². The lowest BCUT2D eigenvalue weighted by Gasteiger charge is -2.09. The van der Waals surface area contributed by atoms with E-state index < -0.39 is 0 Å². The molecular weight excluding hydrogens is 196 g/mol. The fourth-order valence-electron chi connectivity index (χ4n) is 2.29. The van der Waals surface area contributed by atoms with Gasteiger partial charge in [0.25, 0.3) is 0 Å². The molecule has 3 rings (SSSR count). The van der Waals surface area contributed by atoms with Crippen LogP contribution in [0.15, 0.2) is 24.3 Å². The maximum atomic E-state index is 6.17. The maximum Gasteiger partial charge on any atom is 0.0821 e. The number of hydrogen-bond donors (Lipinski definition) is 1. The quantitative estimate of drug-likeness (QED) is 0.706. The van der Waals surface area contributed by atoms with Crippen molar-refractivity contribution in [3.63, 3.8) is 0 Å². The Kier molecular flexibility index (Phi) is 1.64. The van der Waals surface area contributed by atoms with Gasteiger partial charge in [-0.2, -0.15) is 0 Å². The van der Waals surface area contributed by atoms with Crippen LogP contribution < -0.4 is 5.73 Å². The molecule has 1 atom stereocenters. The highest BCUT2D eigenvalue weighted by Gasteiger charge is 2.21. The molecule has 0 amide bonds. The molecule has 0 radical (unpaired) electrons. The number of halogens is 1. The molecule has 0 saturated heterocycles. The van der Waals surface area contributed by atoms with Crippen molar-refractivity contribution in [2.45, 2.75) is 19.0 Å². The summed E-state index contributed by atoms with van der Waals surface area (Å²) in [6.07, 6.45) is 2.19. The Morgan fingerprint density at radius 2 is 2.29 bits per heavy atom. The number of aryl methyl sites for hydroxylation is 1. The highest BCUT2D eigenvalue weighted by molar-refractivity contribution is 6.35. The minimum Gasteiger partial charge on any atom is -0.328 e. The van der Waals surface area contributed by atoms with Gasteiger partial charge < -0.3 is 10.3 Å². The van der Waals surface area contributed by atoms with Crippen molar-refractivity contribution in [2.75, 3.05) is 0 Å². The predicted octanol–water partition coefficient (Wildman–Crippen LogP) is 2.70. The van der Waals surface area contributed by atoms with Crippen LogP contribution in [0.2, 0.25) is 5.02 Å². The third-order valence-electron chi connectivity index (χ3n) is 2.92. The second kappa shape index (κ2) is 2.75. The summed E-state index contributed by atoms with van der Waals surface area (Å²) in [5, 5.41) is 1.99. The summed E-state index contributed by atoms with van der Waals surface area (Å²) in [6.45, 7) is 0. The fraction of sp³-hybridized carbons (Fsp3) is 0.273. The van der Waals surface area contributed by atoms with E-state index in [2.05, 4.69) is 16.7 Å². The molecule has 1 aliphatic rings.